The molecule has 1 saturated heterocycles. The number of benzene rings is 3. The smallest absolute Gasteiger partial charge is 0.413 e. The van der Waals surface area contributed by atoms with Gasteiger partial charge >= 0.3 is 6.09 Å². The molecule has 0 radical (unpaired) electrons. The van der Waals surface area contributed by atoms with E-state index >= 15 is 0 Å². The third-order valence-corrected chi connectivity index (χ3v) is 8.16. The van der Waals surface area contributed by atoms with E-state index in [1.165, 1.54) is 5.56 Å². The van der Waals surface area contributed by atoms with Gasteiger partial charge in [-0.25, -0.2) is 9.78 Å². The molecule has 5 rings (SSSR count). The molecule has 4 aromatic rings. The number of aryl methyl sites for hydroxylation is 1. The molecule has 242 valence electrons. The quantitative estimate of drug-likeness (QED) is 0.197. The van der Waals surface area contributed by atoms with Gasteiger partial charge in [0, 0.05) is 56.2 Å². The maximum Gasteiger partial charge on any atom is 0.413 e. The lowest BCUT2D eigenvalue weighted by molar-refractivity contribution is 0.133. The highest BCUT2D eigenvalue weighted by molar-refractivity contribution is 5.84. The van der Waals surface area contributed by atoms with Gasteiger partial charge in [0.25, 0.3) is 0 Å². The van der Waals surface area contributed by atoms with Crippen LogP contribution in [0.1, 0.15) is 16.7 Å². The number of methoxy groups -OCH3 is 2. The fraction of sp³-hybridized carbons (Fsp3) is 0.343. The van der Waals surface area contributed by atoms with E-state index in [0.717, 1.165) is 55.0 Å². The molecule has 1 fully saturated rings. The van der Waals surface area contributed by atoms with E-state index in [2.05, 4.69) is 63.4 Å². The number of piperazine rings is 1. The van der Waals surface area contributed by atoms with Crippen molar-refractivity contribution in [3.05, 3.63) is 83.6 Å². The van der Waals surface area contributed by atoms with Gasteiger partial charge < -0.3 is 29.2 Å². The zero-order valence-electron chi connectivity index (χ0n) is 27.1. The summed E-state index contributed by atoms with van der Waals surface area (Å²) in [6, 6.07) is 19.1. The molecule has 0 bridgehead atoms. The number of hydrogen-bond donors (Lipinski definition) is 2. The van der Waals surface area contributed by atoms with Gasteiger partial charge in [-0.15, -0.1) is 0 Å². The Hall–Kier alpha value is -4.87. The number of anilines is 3. The average molecular weight is 627 g/mol. The van der Waals surface area contributed by atoms with Crippen molar-refractivity contribution in [1.82, 2.24) is 19.8 Å². The van der Waals surface area contributed by atoms with Crippen LogP contribution in [0, 0.1) is 13.8 Å². The minimum atomic E-state index is -0.651. The second kappa shape index (κ2) is 15.4. The number of rotatable bonds is 12. The third kappa shape index (κ3) is 8.23. The molecule has 46 heavy (non-hydrogen) atoms. The van der Waals surface area contributed by atoms with Gasteiger partial charge in [0.1, 0.15) is 24.8 Å². The molecule has 0 spiro atoms. The summed E-state index contributed by atoms with van der Waals surface area (Å²) < 4.78 is 22.9. The zero-order chi connectivity index (χ0) is 32.5. The van der Waals surface area contributed by atoms with Crippen molar-refractivity contribution in [2.45, 2.75) is 20.5 Å². The first-order valence-corrected chi connectivity index (χ1v) is 15.3. The zero-order valence-corrected chi connectivity index (χ0v) is 27.1. The molecule has 1 aliphatic heterocycles. The number of amides is 1. The lowest BCUT2D eigenvalue weighted by Crippen LogP contribution is -2.45. The summed E-state index contributed by atoms with van der Waals surface area (Å²) in [5.41, 5.74) is 5.83. The van der Waals surface area contributed by atoms with Gasteiger partial charge in [0.15, 0.2) is 11.5 Å². The predicted molar refractivity (Wildman–Crippen MR) is 179 cm³/mol. The predicted octanol–water partition coefficient (Wildman–Crippen LogP) is 5.90. The average Bonchev–Trinajstić information content (AvgIpc) is 3.06. The van der Waals surface area contributed by atoms with Crippen LogP contribution in [-0.2, 0) is 11.3 Å². The van der Waals surface area contributed by atoms with E-state index < -0.39 is 6.09 Å². The van der Waals surface area contributed by atoms with Gasteiger partial charge in [0.2, 0.25) is 5.95 Å². The van der Waals surface area contributed by atoms with E-state index in [1.54, 1.807) is 26.5 Å². The van der Waals surface area contributed by atoms with Crippen LogP contribution in [0.3, 0.4) is 0 Å². The summed E-state index contributed by atoms with van der Waals surface area (Å²) in [4.78, 5) is 26.3. The second-order valence-electron chi connectivity index (χ2n) is 11.2. The number of likely N-dealkylation sites (N-methyl/N-ethyl adjacent to an activating group) is 1. The Bertz CT molecular complexity index is 1640. The van der Waals surface area contributed by atoms with Crippen molar-refractivity contribution >= 4 is 23.5 Å². The van der Waals surface area contributed by atoms with Gasteiger partial charge in [-0.2, -0.15) is 4.98 Å². The second-order valence-corrected chi connectivity index (χ2v) is 11.2. The van der Waals surface area contributed by atoms with Crippen molar-refractivity contribution in [2.24, 2.45) is 0 Å². The normalized spacial score (nSPS) is 13.6. The van der Waals surface area contributed by atoms with E-state index in [0.29, 0.717) is 35.5 Å². The first-order chi connectivity index (χ1) is 22.3. The van der Waals surface area contributed by atoms with Crippen LogP contribution in [0.4, 0.5) is 22.2 Å². The fourth-order valence-electron chi connectivity index (χ4n) is 5.32. The van der Waals surface area contributed by atoms with Crippen LogP contribution < -0.4 is 24.8 Å². The number of nitrogens with one attached hydrogen (secondary N) is 2. The summed E-state index contributed by atoms with van der Waals surface area (Å²) in [6.45, 7) is 9.83. The summed E-state index contributed by atoms with van der Waals surface area (Å²) >= 11 is 0. The van der Waals surface area contributed by atoms with Crippen LogP contribution in [-0.4, -0.2) is 86.5 Å². The summed E-state index contributed by atoms with van der Waals surface area (Å²) in [5, 5.41) is 5.86. The van der Waals surface area contributed by atoms with Crippen LogP contribution in [0.25, 0.3) is 11.1 Å². The van der Waals surface area contributed by atoms with Crippen molar-refractivity contribution in [1.29, 1.82) is 0 Å². The molecule has 2 N–H and O–H groups in total. The molecule has 0 aliphatic carbocycles. The topological polar surface area (TPSA) is 110 Å². The Balaban J connectivity index is 1.19. The lowest BCUT2D eigenvalue weighted by Gasteiger charge is -2.32. The molecule has 11 heteroatoms. The number of nitrogens with zero attached hydrogens (tertiary/aromatic N) is 4. The maximum atomic E-state index is 12.9. The first-order valence-electron chi connectivity index (χ1n) is 15.3. The Morgan fingerprint density at radius 1 is 0.891 bits per heavy atom. The Morgan fingerprint density at radius 3 is 2.43 bits per heavy atom. The third-order valence-electron chi connectivity index (χ3n) is 8.16. The lowest BCUT2D eigenvalue weighted by atomic mass is 9.93. The van der Waals surface area contributed by atoms with Crippen molar-refractivity contribution in [2.75, 3.05) is 71.2 Å². The van der Waals surface area contributed by atoms with Gasteiger partial charge in [0.05, 0.1) is 14.2 Å². The number of carbonyl (C=O) groups is 1. The van der Waals surface area contributed by atoms with E-state index in [-0.39, 0.29) is 12.4 Å². The highest BCUT2D eigenvalue weighted by Crippen LogP contribution is 2.34. The minimum Gasteiger partial charge on any atom is -0.496 e. The Labute approximate surface area is 270 Å². The first kappa shape index (κ1) is 32.5. The van der Waals surface area contributed by atoms with Crippen LogP contribution in [0.15, 0.2) is 66.9 Å². The molecular formula is C35H42N6O5. The molecule has 1 aliphatic rings. The number of aromatic nitrogens is 2. The number of hydrogen-bond acceptors (Lipinski definition) is 10. The standard InChI is InChI=1S/C35H42N6O5/c1-24-8-6-9-27(25(24)2)28-10-7-11-30(43-4)29(28)23-46-35(42)39-33-14-15-36-34(38-33)37-26-12-13-31(32(22-26)44-5)45-21-20-41-18-16-40(3)17-19-41/h6-15,22H,16-21,23H2,1-5H3,(H2,36,37,38,39,42). The van der Waals surface area contributed by atoms with Crippen LogP contribution in [0.2, 0.25) is 0 Å². The minimum absolute atomic E-state index is 0.0122. The maximum absolute atomic E-state index is 12.9. The highest BCUT2D eigenvalue weighted by Gasteiger charge is 2.17. The molecule has 0 atom stereocenters. The monoisotopic (exact) mass is 626 g/mol. The molecule has 3 aromatic carbocycles. The largest absolute Gasteiger partial charge is 0.496 e. The summed E-state index contributed by atoms with van der Waals surface area (Å²) in [6.07, 6.45) is 0.902. The number of ether oxygens (including phenoxy) is 4. The fourth-order valence-corrected chi connectivity index (χ4v) is 5.32. The molecule has 1 aromatic heterocycles. The summed E-state index contributed by atoms with van der Waals surface area (Å²) in [5.74, 6) is 2.48. The van der Waals surface area contributed by atoms with Crippen molar-refractivity contribution in [3.63, 3.8) is 0 Å². The van der Waals surface area contributed by atoms with E-state index in [4.69, 9.17) is 18.9 Å². The Kier molecular flexibility index (Phi) is 10.9. The molecule has 2 heterocycles. The van der Waals surface area contributed by atoms with Crippen LogP contribution >= 0.6 is 0 Å². The van der Waals surface area contributed by atoms with Crippen LogP contribution in [0.5, 0.6) is 17.2 Å². The molecular weight excluding hydrogens is 584 g/mol. The van der Waals surface area contributed by atoms with Gasteiger partial charge in [-0.05, 0) is 67.4 Å². The van der Waals surface area contributed by atoms with E-state index in [9.17, 15) is 4.79 Å². The number of carbonyl (C=O) groups excluding carboxylic acids is 1. The highest BCUT2D eigenvalue weighted by atomic mass is 16.5. The van der Waals surface area contributed by atoms with E-state index in [1.807, 2.05) is 42.5 Å². The van der Waals surface area contributed by atoms with Crippen molar-refractivity contribution in [3.8, 4) is 28.4 Å². The summed E-state index contributed by atoms with van der Waals surface area (Å²) in [7, 11) is 5.36. The molecule has 0 unspecified atom stereocenters. The van der Waals surface area contributed by atoms with Gasteiger partial charge in [-0.1, -0.05) is 30.3 Å². The molecule has 11 nitrogen and oxygen atoms in total. The molecule has 1 amide bonds. The molecule has 0 saturated carbocycles. The SMILES string of the molecule is COc1cc(Nc2nccc(NC(=O)OCc3c(OC)cccc3-c3cccc(C)c3C)n2)ccc1OCCN1CCN(C)CC1. The van der Waals surface area contributed by atoms with Gasteiger partial charge in [-0.3, -0.25) is 10.2 Å². The Morgan fingerprint density at radius 2 is 1.65 bits per heavy atom. The van der Waals surface area contributed by atoms with Crippen molar-refractivity contribution < 1.29 is 23.7 Å².